The molecule has 4 fully saturated rings. The Morgan fingerprint density at radius 1 is 0.949 bits per heavy atom. The van der Waals surface area contributed by atoms with Crippen molar-refractivity contribution < 1.29 is 14.1 Å². The number of nitrogens with zero attached hydrogens (tertiary/aromatic N) is 5. The number of quaternary nitrogens is 1. The van der Waals surface area contributed by atoms with Gasteiger partial charge in [-0.05, 0) is 84.8 Å². The third-order valence-electron chi connectivity index (χ3n) is 9.78. The van der Waals surface area contributed by atoms with Crippen molar-refractivity contribution in [3.8, 4) is 6.07 Å². The van der Waals surface area contributed by atoms with Crippen LogP contribution in [0.15, 0.2) is 85.2 Å². The predicted molar refractivity (Wildman–Crippen MR) is 146 cm³/mol. The normalized spacial score (nSPS) is 28.4. The number of pyridine rings is 2. The van der Waals surface area contributed by atoms with E-state index < -0.39 is 5.54 Å². The van der Waals surface area contributed by atoms with Crippen molar-refractivity contribution in [2.45, 2.75) is 49.6 Å². The van der Waals surface area contributed by atoms with Crippen molar-refractivity contribution in [3.63, 3.8) is 0 Å². The summed E-state index contributed by atoms with van der Waals surface area (Å²) in [6.07, 6.45) is 14.7. The molecule has 7 nitrogen and oxygen atoms in total. The summed E-state index contributed by atoms with van der Waals surface area (Å²) in [5, 5.41) is 9.20. The number of amides is 1. The molecule has 2 aromatic heterocycles. The molecular weight excluding hydrogens is 486 g/mol. The summed E-state index contributed by atoms with van der Waals surface area (Å²) >= 11 is 0. The molecule has 1 amide bonds. The second kappa shape index (κ2) is 9.25. The number of carbonyl (C=O) groups is 2. The molecule has 7 rings (SSSR count). The van der Waals surface area contributed by atoms with Gasteiger partial charge in [-0.2, -0.15) is 5.26 Å². The maximum Gasteiger partial charge on any atom is 0.355 e. The van der Waals surface area contributed by atoms with E-state index in [1.165, 1.54) is 0 Å². The van der Waals surface area contributed by atoms with Gasteiger partial charge in [0, 0.05) is 56.7 Å². The van der Waals surface area contributed by atoms with Gasteiger partial charge >= 0.3 is 5.91 Å². The zero-order valence-electron chi connectivity index (χ0n) is 22.4. The molecule has 3 saturated carbocycles. The maximum atomic E-state index is 15.4. The number of hydrogen-bond acceptors (Lipinski definition) is 6. The standard InChI is InChI=1S/C32H32N5O2/c1-36-29(21-28(38)25-5-3-24(22-33)4-6-25)37(2,31-14-7-23(8-15-31)9-16-31)30(39)32(36,26-10-17-34-18-11-26)27-12-19-35-20-13-27/h3-6,10-13,17-21,23H,7-9,14-16H2,1-2H3/q+1. The Morgan fingerprint density at radius 3 is 1.95 bits per heavy atom. The number of allylic oxidation sites excluding steroid dienone is 1. The third-order valence-corrected chi connectivity index (χ3v) is 9.78. The second-order valence-corrected chi connectivity index (χ2v) is 11.3. The van der Waals surface area contributed by atoms with E-state index in [9.17, 15) is 10.1 Å². The van der Waals surface area contributed by atoms with Gasteiger partial charge in [0.15, 0.2) is 5.78 Å². The molecule has 196 valence electrons. The van der Waals surface area contributed by atoms with Crippen LogP contribution in [0, 0.1) is 17.2 Å². The first-order valence-electron chi connectivity index (χ1n) is 13.6. The Morgan fingerprint density at radius 2 is 1.46 bits per heavy atom. The lowest BCUT2D eigenvalue weighted by atomic mass is 9.63. The second-order valence-electron chi connectivity index (χ2n) is 11.3. The van der Waals surface area contributed by atoms with Gasteiger partial charge in [-0.3, -0.25) is 14.8 Å². The fraction of sp³-hybridized carbons (Fsp3) is 0.344. The quantitative estimate of drug-likeness (QED) is 0.270. The van der Waals surface area contributed by atoms with Crippen LogP contribution in [-0.4, -0.2) is 50.7 Å². The average Bonchev–Trinajstić information content (AvgIpc) is 3.18. The van der Waals surface area contributed by atoms with E-state index in [1.54, 1.807) is 55.1 Å². The molecule has 3 heterocycles. The molecule has 1 aliphatic heterocycles. The van der Waals surface area contributed by atoms with Crippen LogP contribution in [0.3, 0.4) is 0 Å². The summed E-state index contributed by atoms with van der Waals surface area (Å²) in [6, 6.07) is 16.4. The lowest BCUT2D eigenvalue weighted by Gasteiger charge is -2.54. The van der Waals surface area contributed by atoms with Crippen LogP contribution < -0.4 is 0 Å². The lowest BCUT2D eigenvalue weighted by molar-refractivity contribution is -0.857. The van der Waals surface area contributed by atoms with Crippen molar-refractivity contribution >= 4 is 11.7 Å². The molecule has 1 atom stereocenters. The van der Waals surface area contributed by atoms with E-state index in [4.69, 9.17) is 0 Å². The molecule has 1 saturated heterocycles. The number of benzene rings is 1. The van der Waals surface area contributed by atoms with Crippen LogP contribution in [-0.2, 0) is 10.3 Å². The SMILES string of the molecule is CN1C(=CC(=O)c2ccc(C#N)cc2)[N+](C)(C23CCC(CC2)CC3)C(=O)C1(c1ccncc1)c1ccncc1. The lowest BCUT2D eigenvalue weighted by Crippen LogP contribution is -2.66. The number of nitriles is 1. The minimum absolute atomic E-state index is 0.0432. The molecule has 1 unspecified atom stereocenters. The van der Waals surface area contributed by atoms with Gasteiger partial charge in [0.2, 0.25) is 11.4 Å². The first-order chi connectivity index (χ1) is 18.9. The minimum Gasteiger partial charge on any atom is -0.304 e. The fourth-order valence-corrected chi connectivity index (χ4v) is 7.52. The zero-order chi connectivity index (χ0) is 27.3. The molecule has 39 heavy (non-hydrogen) atoms. The van der Waals surface area contributed by atoms with Crippen LogP contribution in [0.2, 0.25) is 0 Å². The van der Waals surface area contributed by atoms with E-state index in [2.05, 4.69) is 16.0 Å². The minimum atomic E-state index is -1.15. The van der Waals surface area contributed by atoms with Gasteiger partial charge in [-0.15, -0.1) is 0 Å². The largest absolute Gasteiger partial charge is 0.355 e. The highest BCUT2D eigenvalue weighted by Crippen LogP contribution is 2.59. The van der Waals surface area contributed by atoms with E-state index in [-0.39, 0.29) is 21.7 Å². The smallest absolute Gasteiger partial charge is 0.304 e. The summed E-state index contributed by atoms with van der Waals surface area (Å²) in [6.45, 7) is 0. The van der Waals surface area contributed by atoms with E-state index in [0.717, 1.165) is 55.6 Å². The topological polar surface area (TPSA) is 87.0 Å². The number of ketones is 1. The Hall–Kier alpha value is -4.15. The highest BCUT2D eigenvalue weighted by atomic mass is 16.2. The molecule has 0 radical (unpaired) electrons. The Bertz CT molecular complexity index is 1430. The van der Waals surface area contributed by atoms with Crippen molar-refractivity contribution in [2.24, 2.45) is 5.92 Å². The first-order valence-corrected chi connectivity index (χ1v) is 13.6. The Balaban J connectivity index is 1.60. The highest BCUT2D eigenvalue weighted by Gasteiger charge is 2.72. The molecular formula is C32H32N5O2+. The van der Waals surface area contributed by atoms with Crippen LogP contribution in [0.1, 0.15) is 65.6 Å². The summed E-state index contributed by atoms with van der Waals surface area (Å²) in [4.78, 5) is 39.6. The molecule has 3 aromatic rings. The van der Waals surface area contributed by atoms with Gasteiger partial charge in [0.25, 0.3) is 0 Å². The summed E-state index contributed by atoms with van der Waals surface area (Å²) < 4.78 is 0.0723. The molecule has 7 heteroatoms. The number of hydrogen-bond donors (Lipinski definition) is 0. The summed E-state index contributed by atoms with van der Waals surface area (Å²) in [7, 11) is 3.97. The van der Waals surface area contributed by atoms with Gasteiger partial charge in [0.1, 0.15) is 5.54 Å². The van der Waals surface area contributed by atoms with Gasteiger partial charge in [-0.25, -0.2) is 9.28 Å². The number of rotatable bonds is 5. The molecule has 0 spiro atoms. The van der Waals surface area contributed by atoms with E-state index in [1.807, 2.05) is 43.3 Å². The summed E-state index contributed by atoms with van der Waals surface area (Å²) in [5.74, 6) is 1.29. The number of fused-ring (bicyclic) bond motifs is 3. The summed E-state index contributed by atoms with van der Waals surface area (Å²) in [5.41, 5.74) is 1.19. The molecule has 4 aliphatic rings. The average molecular weight is 519 g/mol. The van der Waals surface area contributed by atoms with Crippen LogP contribution >= 0.6 is 0 Å². The number of likely N-dealkylation sites (N-methyl/N-ethyl adjacent to an activating group) is 2. The van der Waals surface area contributed by atoms with Crippen LogP contribution in [0.5, 0.6) is 0 Å². The monoisotopic (exact) mass is 518 g/mol. The van der Waals surface area contributed by atoms with Crippen molar-refractivity contribution in [1.29, 1.82) is 5.26 Å². The maximum absolute atomic E-state index is 15.4. The van der Waals surface area contributed by atoms with Gasteiger partial charge in [0.05, 0.1) is 24.8 Å². The number of carbonyl (C=O) groups excluding carboxylic acids is 2. The Kier molecular flexibility index (Phi) is 5.96. The molecule has 3 aliphatic carbocycles. The van der Waals surface area contributed by atoms with Gasteiger partial charge in [-0.1, -0.05) is 0 Å². The molecule has 0 N–H and O–H groups in total. The van der Waals surface area contributed by atoms with Crippen molar-refractivity contribution in [1.82, 2.24) is 14.9 Å². The van der Waals surface area contributed by atoms with Crippen LogP contribution in [0.4, 0.5) is 0 Å². The highest BCUT2D eigenvalue weighted by molar-refractivity contribution is 6.05. The fourth-order valence-electron chi connectivity index (χ4n) is 7.52. The van der Waals surface area contributed by atoms with Crippen LogP contribution in [0.25, 0.3) is 0 Å². The molecule has 2 bridgehead atoms. The Labute approximate surface area is 229 Å². The van der Waals surface area contributed by atoms with Crippen molar-refractivity contribution in [3.05, 3.63) is 107 Å². The first kappa shape index (κ1) is 25.1. The van der Waals surface area contributed by atoms with E-state index in [0.29, 0.717) is 16.9 Å². The predicted octanol–water partition coefficient (Wildman–Crippen LogP) is 4.96. The molecule has 1 aromatic carbocycles. The third kappa shape index (κ3) is 3.51. The zero-order valence-corrected chi connectivity index (χ0v) is 22.4. The van der Waals surface area contributed by atoms with E-state index >= 15 is 4.79 Å². The van der Waals surface area contributed by atoms with Gasteiger partial charge < -0.3 is 4.90 Å². The van der Waals surface area contributed by atoms with Crippen molar-refractivity contribution in [2.75, 3.05) is 14.1 Å². The number of aromatic nitrogens is 2.